The number of carbonyl (C=O) groups is 2. The number of hydrogen-bond donors (Lipinski definition) is 0. The van der Waals surface area contributed by atoms with E-state index >= 15 is 0 Å². The first kappa shape index (κ1) is 64.8. The van der Waals surface area contributed by atoms with E-state index in [2.05, 4.69) is 112 Å². The van der Waals surface area contributed by atoms with Crippen LogP contribution < -0.4 is 0 Å². The predicted molar refractivity (Wildman–Crippen MR) is 297 cm³/mol. The van der Waals surface area contributed by atoms with Crippen molar-refractivity contribution in [1.82, 2.24) is 0 Å². The van der Waals surface area contributed by atoms with Crippen LogP contribution in [0.3, 0.4) is 0 Å². The number of allylic oxidation sites excluding steroid dienone is 16. The smallest absolute Gasteiger partial charge is 0.306 e. The zero-order valence-electron chi connectivity index (χ0n) is 44.8. The lowest BCUT2D eigenvalue weighted by atomic mass is 10.0. The Kier molecular flexibility index (Phi) is 55.4. The Labute approximate surface area is 422 Å². The highest BCUT2D eigenvalue weighted by atomic mass is 16.6. The third-order valence-electron chi connectivity index (χ3n) is 12.1. The van der Waals surface area contributed by atoms with Crippen LogP contribution in [0.4, 0.5) is 0 Å². The number of carbonyl (C=O) groups excluding carboxylic acids is 2. The summed E-state index contributed by atoms with van der Waals surface area (Å²) in [6.45, 7) is 7.69. The first-order valence-corrected chi connectivity index (χ1v) is 28.8. The van der Waals surface area contributed by atoms with Crippen molar-refractivity contribution in [2.45, 2.75) is 271 Å². The topological polar surface area (TPSA) is 61.8 Å². The van der Waals surface area contributed by atoms with E-state index < -0.39 is 6.10 Å². The minimum Gasteiger partial charge on any atom is -0.462 e. The molecule has 0 aliphatic rings. The maximum Gasteiger partial charge on any atom is 0.306 e. The molecule has 0 fully saturated rings. The molecule has 0 aromatic carbocycles. The molecule has 68 heavy (non-hydrogen) atoms. The molecule has 0 saturated heterocycles. The molecule has 0 saturated carbocycles. The summed E-state index contributed by atoms with van der Waals surface area (Å²) < 4.78 is 17.4. The Balaban J connectivity index is 4.43. The fraction of sp³-hybridized carbons (Fsp3) is 0.714. The van der Waals surface area contributed by atoms with Crippen molar-refractivity contribution in [2.75, 3.05) is 19.8 Å². The highest BCUT2D eigenvalue weighted by Gasteiger charge is 2.17. The standard InChI is InChI=1S/C63H108O5/c1-4-7-10-13-16-19-22-25-28-31-32-34-36-39-42-45-48-51-54-57-63(65)68-61(59-66-58-55-52-49-46-43-40-37-30-27-24-21-18-15-12-9-6-3)60-67-62(64)56-53-50-47-44-41-38-35-33-29-26-23-20-17-14-11-8-5-2/h16-17,19-20,25-26,28-29,32,34-35,38-39,42,48,51,61H,4-15,18,21-24,27,30-31,33,36-37,40-41,43-47,49-50,52-60H2,1-3H3/b19-16-,20-17-,28-25-,29-26-,34-32-,38-35-,42-39-,51-48-/t61-/m1/s1. The molecule has 0 aliphatic heterocycles. The molecule has 0 unspecified atom stereocenters. The van der Waals surface area contributed by atoms with Gasteiger partial charge in [0.1, 0.15) is 6.61 Å². The first-order chi connectivity index (χ1) is 33.6. The normalized spacial score (nSPS) is 12.9. The Hall–Kier alpha value is -3.18. The fourth-order valence-electron chi connectivity index (χ4n) is 7.79. The highest BCUT2D eigenvalue weighted by molar-refractivity contribution is 5.70. The van der Waals surface area contributed by atoms with E-state index in [4.69, 9.17) is 14.2 Å². The molecule has 0 heterocycles. The van der Waals surface area contributed by atoms with E-state index in [1.54, 1.807) is 0 Å². The maximum absolute atomic E-state index is 12.8. The highest BCUT2D eigenvalue weighted by Crippen LogP contribution is 2.15. The van der Waals surface area contributed by atoms with Gasteiger partial charge in [-0.15, -0.1) is 0 Å². The van der Waals surface area contributed by atoms with Crippen molar-refractivity contribution >= 4 is 11.9 Å². The second-order valence-electron chi connectivity index (χ2n) is 18.8. The summed E-state index contributed by atoms with van der Waals surface area (Å²) in [5, 5.41) is 0. The summed E-state index contributed by atoms with van der Waals surface area (Å²) in [6.07, 6.45) is 78.6. The molecule has 0 N–H and O–H groups in total. The van der Waals surface area contributed by atoms with Gasteiger partial charge in [0, 0.05) is 19.4 Å². The lowest BCUT2D eigenvalue weighted by Crippen LogP contribution is -2.30. The second-order valence-corrected chi connectivity index (χ2v) is 18.8. The van der Waals surface area contributed by atoms with Crippen LogP contribution in [0.5, 0.6) is 0 Å². The van der Waals surface area contributed by atoms with Gasteiger partial charge in [0.15, 0.2) is 6.10 Å². The van der Waals surface area contributed by atoms with Gasteiger partial charge in [0.25, 0.3) is 0 Å². The van der Waals surface area contributed by atoms with Crippen molar-refractivity contribution in [3.63, 3.8) is 0 Å². The van der Waals surface area contributed by atoms with E-state index in [1.165, 1.54) is 141 Å². The largest absolute Gasteiger partial charge is 0.462 e. The van der Waals surface area contributed by atoms with Crippen molar-refractivity contribution in [3.8, 4) is 0 Å². The number of hydrogen-bond acceptors (Lipinski definition) is 5. The molecule has 0 aromatic heterocycles. The Bertz CT molecular complexity index is 1300. The molecule has 0 aliphatic carbocycles. The van der Waals surface area contributed by atoms with Gasteiger partial charge < -0.3 is 14.2 Å². The Morgan fingerprint density at radius 2 is 0.647 bits per heavy atom. The Morgan fingerprint density at radius 3 is 1.07 bits per heavy atom. The summed E-state index contributed by atoms with van der Waals surface area (Å²) in [5.74, 6) is -0.513. The molecule has 0 rings (SSSR count). The fourth-order valence-corrected chi connectivity index (χ4v) is 7.79. The van der Waals surface area contributed by atoms with Crippen LogP contribution >= 0.6 is 0 Å². The molecule has 5 heteroatoms. The summed E-state index contributed by atoms with van der Waals surface area (Å²) in [5.41, 5.74) is 0. The zero-order chi connectivity index (χ0) is 49.2. The van der Waals surface area contributed by atoms with Crippen molar-refractivity contribution in [2.24, 2.45) is 0 Å². The second kappa shape index (κ2) is 58.1. The van der Waals surface area contributed by atoms with E-state index in [0.29, 0.717) is 19.4 Å². The van der Waals surface area contributed by atoms with Crippen LogP contribution in [-0.4, -0.2) is 37.9 Å². The predicted octanol–water partition coefficient (Wildman–Crippen LogP) is 19.8. The van der Waals surface area contributed by atoms with Gasteiger partial charge in [0.05, 0.1) is 6.61 Å². The summed E-state index contributed by atoms with van der Waals surface area (Å²) in [4.78, 5) is 25.5. The zero-order valence-corrected chi connectivity index (χ0v) is 44.8. The summed E-state index contributed by atoms with van der Waals surface area (Å²) >= 11 is 0. The SMILES string of the molecule is CCCCC/C=C\C/C=C\C/C=C\C/C=C\C/C=C\CCC(=O)O[C@H](COCCCCCCCCCCCCCCCCCC)COC(=O)CCCCCC/C=C\C/C=C\C/C=C\CCCCC. The molecular weight excluding hydrogens is 837 g/mol. The molecule has 0 radical (unpaired) electrons. The lowest BCUT2D eigenvalue weighted by Gasteiger charge is -2.18. The van der Waals surface area contributed by atoms with Crippen LogP contribution in [-0.2, 0) is 23.8 Å². The van der Waals surface area contributed by atoms with Crippen LogP contribution in [0.1, 0.15) is 265 Å². The molecule has 390 valence electrons. The summed E-state index contributed by atoms with van der Waals surface area (Å²) in [6, 6.07) is 0. The molecule has 0 aromatic rings. The number of unbranched alkanes of at least 4 members (excludes halogenated alkanes) is 25. The van der Waals surface area contributed by atoms with Crippen molar-refractivity contribution in [3.05, 3.63) is 97.2 Å². The van der Waals surface area contributed by atoms with Crippen LogP contribution in [0.2, 0.25) is 0 Å². The number of ether oxygens (including phenoxy) is 3. The van der Waals surface area contributed by atoms with Crippen molar-refractivity contribution in [1.29, 1.82) is 0 Å². The third-order valence-corrected chi connectivity index (χ3v) is 12.1. The minimum atomic E-state index is -0.589. The molecule has 5 nitrogen and oxygen atoms in total. The molecule has 0 bridgehead atoms. The lowest BCUT2D eigenvalue weighted by molar-refractivity contribution is -0.162. The number of esters is 2. The number of rotatable bonds is 52. The van der Waals surface area contributed by atoms with E-state index in [9.17, 15) is 9.59 Å². The van der Waals surface area contributed by atoms with Crippen molar-refractivity contribution < 1.29 is 23.8 Å². The first-order valence-electron chi connectivity index (χ1n) is 28.8. The van der Waals surface area contributed by atoms with Crippen LogP contribution in [0, 0.1) is 0 Å². The van der Waals surface area contributed by atoms with Gasteiger partial charge >= 0.3 is 11.9 Å². The van der Waals surface area contributed by atoms with Gasteiger partial charge in [-0.05, 0) is 96.3 Å². The van der Waals surface area contributed by atoms with Gasteiger partial charge in [-0.3, -0.25) is 9.59 Å². The molecule has 0 spiro atoms. The van der Waals surface area contributed by atoms with E-state index in [1.807, 2.05) is 6.08 Å². The Morgan fingerprint density at radius 1 is 0.324 bits per heavy atom. The van der Waals surface area contributed by atoms with Gasteiger partial charge in [-0.25, -0.2) is 0 Å². The molecule has 1 atom stereocenters. The monoisotopic (exact) mass is 945 g/mol. The molecular formula is C63H108O5. The van der Waals surface area contributed by atoms with Crippen LogP contribution in [0.15, 0.2) is 97.2 Å². The van der Waals surface area contributed by atoms with Crippen LogP contribution in [0.25, 0.3) is 0 Å². The third kappa shape index (κ3) is 55.4. The van der Waals surface area contributed by atoms with E-state index in [0.717, 1.165) is 83.5 Å². The minimum absolute atomic E-state index is 0.0416. The quantitative estimate of drug-likeness (QED) is 0.0345. The van der Waals surface area contributed by atoms with Gasteiger partial charge in [0.2, 0.25) is 0 Å². The average molecular weight is 946 g/mol. The van der Waals surface area contributed by atoms with Gasteiger partial charge in [-0.2, -0.15) is 0 Å². The maximum atomic E-state index is 12.8. The molecule has 0 amide bonds. The summed E-state index contributed by atoms with van der Waals surface area (Å²) in [7, 11) is 0. The van der Waals surface area contributed by atoms with E-state index in [-0.39, 0.29) is 31.6 Å². The average Bonchev–Trinajstić information content (AvgIpc) is 3.34. The van der Waals surface area contributed by atoms with Gasteiger partial charge in [-0.1, -0.05) is 253 Å².